The van der Waals surface area contributed by atoms with Crippen molar-refractivity contribution in [1.82, 2.24) is 0 Å². The SMILES string of the molecule is COc1cc(/C=C2/C(=O)N(c3ccc(Cl)cc3)N=C2C)cc(Cl)c1OCC(N)=O. The molecule has 0 aliphatic carbocycles. The zero-order chi connectivity index (χ0) is 21.1. The first-order chi connectivity index (χ1) is 13.8. The summed E-state index contributed by atoms with van der Waals surface area (Å²) < 4.78 is 10.6. The summed E-state index contributed by atoms with van der Waals surface area (Å²) in [5.41, 5.74) is 7.27. The van der Waals surface area contributed by atoms with Crippen molar-refractivity contribution in [2.45, 2.75) is 6.92 Å². The third kappa shape index (κ3) is 4.52. The molecule has 2 amide bonds. The van der Waals surface area contributed by atoms with E-state index in [2.05, 4.69) is 5.10 Å². The molecule has 0 radical (unpaired) electrons. The van der Waals surface area contributed by atoms with E-state index in [-0.39, 0.29) is 23.3 Å². The van der Waals surface area contributed by atoms with Crippen LogP contribution in [-0.4, -0.2) is 31.2 Å². The van der Waals surface area contributed by atoms with Crippen molar-refractivity contribution < 1.29 is 19.1 Å². The van der Waals surface area contributed by atoms with Gasteiger partial charge in [0.1, 0.15) is 0 Å². The van der Waals surface area contributed by atoms with Gasteiger partial charge >= 0.3 is 0 Å². The van der Waals surface area contributed by atoms with Crippen LogP contribution >= 0.6 is 23.2 Å². The van der Waals surface area contributed by atoms with Gasteiger partial charge in [0.25, 0.3) is 11.8 Å². The molecule has 0 saturated carbocycles. The molecule has 9 heteroatoms. The fourth-order valence-electron chi connectivity index (χ4n) is 2.71. The maximum absolute atomic E-state index is 12.9. The summed E-state index contributed by atoms with van der Waals surface area (Å²) in [5.74, 6) is -0.421. The number of ether oxygens (including phenoxy) is 2. The number of nitrogens with two attached hydrogens (primary N) is 1. The minimum Gasteiger partial charge on any atom is -0.493 e. The largest absolute Gasteiger partial charge is 0.493 e. The minimum atomic E-state index is -0.639. The third-order valence-corrected chi connectivity index (χ3v) is 4.59. The van der Waals surface area contributed by atoms with E-state index in [4.69, 9.17) is 38.4 Å². The van der Waals surface area contributed by atoms with E-state index in [1.54, 1.807) is 49.4 Å². The highest BCUT2D eigenvalue weighted by atomic mass is 35.5. The Bertz CT molecular complexity index is 1030. The molecule has 0 unspecified atom stereocenters. The Morgan fingerprint density at radius 2 is 1.93 bits per heavy atom. The molecule has 7 nitrogen and oxygen atoms in total. The smallest absolute Gasteiger partial charge is 0.280 e. The number of hydrazone groups is 1. The lowest BCUT2D eigenvalue weighted by atomic mass is 10.1. The Labute approximate surface area is 177 Å². The van der Waals surface area contributed by atoms with Crippen LogP contribution in [0.25, 0.3) is 6.08 Å². The molecular weight excluding hydrogens is 417 g/mol. The van der Waals surface area contributed by atoms with Crippen LogP contribution in [0.3, 0.4) is 0 Å². The Balaban J connectivity index is 1.92. The Hall–Kier alpha value is -3.03. The minimum absolute atomic E-state index is 0.195. The Morgan fingerprint density at radius 3 is 2.55 bits per heavy atom. The lowest BCUT2D eigenvalue weighted by molar-refractivity contribution is -0.120. The number of methoxy groups -OCH3 is 1. The number of rotatable bonds is 6. The number of primary amides is 1. The van der Waals surface area contributed by atoms with Crippen molar-refractivity contribution >= 4 is 52.5 Å². The molecule has 1 heterocycles. The number of benzene rings is 2. The van der Waals surface area contributed by atoms with E-state index in [0.717, 1.165) is 0 Å². The van der Waals surface area contributed by atoms with Gasteiger partial charge in [0.15, 0.2) is 18.1 Å². The fraction of sp³-hybridized carbons (Fsp3) is 0.150. The van der Waals surface area contributed by atoms with Crippen LogP contribution in [0.5, 0.6) is 11.5 Å². The summed E-state index contributed by atoms with van der Waals surface area (Å²) in [6, 6.07) is 10.0. The summed E-state index contributed by atoms with van der Waals surface area (Å²) in [5, 5.41) is 6.42. The van der Waals surface area contributed by atoms with Crippen LogP contribution < -0.4 is 20.2 Å². The first kappa shape index (κ1) is 20.7. The van der Waals surface area contributed by atoms with E-state index < -0.39 is 5.91 Å². The molecule has 29 heavy (non-hydrogen) atoms. The van der Waals surface area contributed by atoms with Gasteiger partial charge in [-0.05, 0) is 55.0 Å². The van der Waals surface area contributed by atoms with Gasteiger partial charge in [-0.3, -0.25) is 9.59 Å². The quantitative estimate of drug-likeness (QED) is 0.702. The molecular formula is C20H17Cl2N3O4. The highest BCUT2D eigenvalue weighted by Crippen LogP contribution is 2.37. The standard InChI is InChI=1S/C20H17Cl2N3O4/c1-11-15(20(27)25(24-11)14-5-3-13(21)4-6-14)7-12-8-16(22)19(17(9-12)28-2)29-10-18(23)26/h3-9H,10H2,1-2H3,(H2,23,26)/b15-7+. The topological polar surface area (TPSA) is 94.2 Å². The lowest BCUT2D eigenvalue weighted by Crippen LogP contribution is -2.21. The molecule has 1 aliphatic heterocycles. The van der Waals surface area contributed by atoms with Crippen molar-refractivity contribution in [3.05, 3.63) is 57.6 Å². The van der Waals surface area contributed by atoms with Crippen LogP contribution in [0.4, 0.5) is 5.69 Å². The second-order valence-electron chi connectivity index (χ2n) is 6.13. The summed E-state index contributed by atoms with van der Waals surface area (Å²) >= 11 is 12.2. The molecule has 0 atom stereocenters. The van der Waals surface area contributed by atoms with Gasteiger partial charge in [-0.15, -0.1) is 0 Å². The summed E-state index contributed by atoms with van der Waals surface area (Å²) in [4.78, 5) is 23.8. The molecule has 2 aromatic rings. The number of carbonyl (C=O) groups excluding carboxylic acids is 2. The molecule has 0 bridgehead atoms. The molecule has 0 saturated heterocycles. The molecule has 150 valence electrons. The van der Waals surface area contributed by atoms with E-state index in [1.165, 1.54) is 12.1 Å². The second-order valence-corrected chi connectivity index (χ2v) is 6.97. The molecule has 0 aromatic heterocycles. The molecule has 0 spiro atoms. The van der Waals surface area contributed by atoms with Gasteiger partial charge in [0, 0.05) is 5.02 Å². The number of nitrogens with zero attached hydrogens (tertiary/aromatic N) is 2. The number of hydrogen-bond donors (Lipinski definition) is 1. The van der Waals surface area contributed by atoms with E-state index in [0.29, 0.717) is 33.3 Å². The maximum Gasteiger partial charge on any atom is 0.280 e. The van der Waals surface area contributed by atoms with Crippen molar-refractivity contribution in [2.75, 3.05) is 18.7 Å². The highest BCUT2D eigenvalue weighted by molar-refractivity contribution is 6.34. The molecule has 1 aliphatic rings. The number of anilines is 1. The number of halogens is 2. The average Bonchev–Trinajstić information content (AvgIpc) is 2.95. The Morgan fingerprint density at radius 1 is 1.24 bits per heavy atom. The average molecular weight is 434 g/mol. The third-order valence-electron chi connectivity index (χ3n) is 4.06. The zero-order valence-corrected chi connectivity index (χ0v) is 17.1. The van der Waals surface area contributed by atoms with Gasteiger partial charge in [-0.25, -0.2) is 0 Å². The molecule has 2 aromatic carbocycles. The van der Waals surface area contributed by atoms with E-state index >= 15 is 0 Å². The van der Waals surface area contributed by atoms with Gasteiger partial charge in [0.05, 0.1) is 29.1 Å². The highest BCUT2D eigenvalue weighted by Gasteiger charge is 2.29. The first-order valence-electron chi connectivity index (χ1n) is 8.46. The van der Waals surface area contributed by atoms with Gasteiger partial charge in [-0.1, -0.05) is 23.2 Å². The molecule has 3 rings (SSSR count). The zero-order valence-electron chi connectivity index (χ0n) is 15.6. The van der Waals surface area contributed by atoms with Crippen molar-refractivity contribution in [1.29, 1.82) is 0 Å². The second kappa shape index (κ2) is 8.55. The summed E-state index contributed by atoms with van der Waals surface area (Å²) in [6.45, 7) is 1.40. The van der Waals surface area contributed by atoms with E-state index in [1.807, 2.05) is 0 Å². The number of carbonyl (C=O) groups is 2. The summed E-state index contributed by atoms with van der Waals surface area (Å²) in [6.07, 6.45) is 1.66. The normalized spacial score (nSPS) is 14.9. The van der Waals surface area contributed by atoms with Crippen LogP contribution in [-0.2, 0) is 9.59 Å². The van der Waals surface area contributed by atoms with Gasteiger partial charge in [-0.2, -0.15) is 10.1 Å². The van der Waals surface area contributed by atoms with Gasteiger partial charge < -0.3 is 15.2 Å². The van der Waals surface area contributed by atoms with E-state index in [9.17, 15) is 9.59 Å². The van der Waals surface area contributed by atoms with Crippen LogP contribution in [0.2, 0.25) is 10.0 Å². The molecule has 2 N–H and O–H groups in total. The predicted molar refractivity (Wildman–Crippen MR) is 113 cm³/mol. The number of amides is 2. The predicted octanol–water partition coefficient (Wildman–Crippen LogP) is 3.67. The van der Waals surface area contributed by atoms with Crippen LogP contribution in [0.15, 0.2) is 47.1 Å². The van der Waals surface area contributed by atoms with Gasteiger partial charge in [0.2, 0.25) is 0 Å². The van der Waals surface area contributed by atoms with Crippen molar-refractivity contribution in [2.24, 2.45) is 10.8 Å². The van der Waals surface area contributed by atoms with Crippen LogP contribution in [0, 0.1) is 0 Å². The molecule has 0 fully saturated rings. The summed E-state index contributed by atoms with van der Waals surface area (Å²) in [7, 11) is 1.44. The monoisotopic (exact) mass is 433 g/mol. The number of hydrogen-bond acceptors (Lipinski definition) is 5. The first-order valence-corrected chi connectivity index (χ1v) is 9.21. The Kier molecular flexibility index (Phi) is 6.10. The van der Waals surface area contributed by atoms with Crippen LogP contribution in [0.1, 0.15) is 12.5 Å². The van der Waals surface area contributed by atoms with Crippen molar-refractivity contribution in [3.63, 3.8) is 0 Å². The fourth-order valence-corrected chi connectivity index (χ4v) is 3.11. The maximum atomic E-state index is 12.9. The van der Waals surface area contributed by atoms with Crippen molar-refractivity contribution in [3.8, 4) is 11.5 Å². The lowest BCUT2D eigenvalue weighted by Gasteiger charge is -2.13.